The van der Waals surface area contributed by atoms with Crippen molar-refractivity contribution in [2.45, 2.75) is 116 Å². The summed E-state index contributed by atoms with van der Waals surface area (Å²) in [5.74, 6) is 0. The highest BCUT2D eigenvalue weighted by atomic mass is 14.8. The van der Waals surface area contributed by atoms with Gasteiger partial charge in [-0.2, -0.15) is 0 Å². The van der Waals surface area contributed by atoms with Crippen LogP contribution >= 0.6 is 0 Å². The van der Waals surface area contributed by atoms with E-state index in [-0.39, 0.29) is 0 Å². The molecule has 4 aliphatic rings. The Balaban J connectivity index is 1.84. The standard InChI is InChI=1S/C22H36N2/c1-3-7-11-15-19-21-17-13-9-5-2-6-10-14-18-22(23-19)20(24-21)16-12-8-4-1/h1-18H2. The smallest absolute Gasteiger partial charge is 0.0622 e. The molecule has 0 spiro atoms. The Bertz CT molecular complexity index is 411. The molecular weight excluding hydrogens is 292 g/mol. The summed E-state index contributed by atoms with van der Waals surface area (Å²) in [5, 5.41) is 0. The molecule has 24 heavy (non-hydrogen) atoms. The van der Waals surface area contributed by atoms with E-state index < -0.39 is 0 Å². The topological polar surface area (TPSA) is 25.8 Å². The summed E-state index contributed by atoms with van der Waals surface area (Å²) in [4.78, 5) is 10.4. The minimum Gasteiger partial charge on any atom is -0.254 e. The molecule has 134 valence electrons. The minimum atomic E-state index is 1.16. The van der Waals surface area contributed by atoms with E-state index in [0.29, 0.717) is 0 Å². The molecule has 0 fully saturated rings. The lowest BCUT2D eigenvalue weighted by atomic mass is 10.0. The molecule has 0 radical (unpaired) electrons. The van der Waals surface area contributed by atoms with Gasteiger partial charge in [0.05, 0.1) is 22.8 Å². The van der Waals surface area contributed by atoms with Crippen LogP contribution in [0.1, 0.15) is 113 Å². The molecule has 4 bridgehead atoms. The maximum atomic E-state index is 5.20. The summed E-state index contributed by atoms with van der Waals surface area (Å²) in [6, 6.07) is 0. The summed E-state index contributed by atoms with van der Waals surface area (Å²) in [6.45, 7) is 0. The van der Waals surface area contributed by atoms with Crippen molar-refractivity contribution in [1.29, 1.82) is 0 Å². The molecule has 1 aromatic heterocycles. The zero-order chi connectivity index (χ0) is 16.5. The van der Waals surface area contributed by atoms with Crippen LogP contribution in [0.3, 0.4) is 0 Å². The third kappa shape index (κ3) is 5.57. The number of aryl methyl sites for hydroxylation is 4. The minimum absolute atomic E-state index is 1.16. The van der Waals surface area contributed by atoms with Gasteiger partial charge in [-0.05, 0) is 51.4 Å². The van der Waals surface area contributed by atoms with Gasteiger partial charge < -0.3 is 0 Å². The fourth-order valence-corrected chi connectivity index (χ4v) is 4.32. The zero-order valence-corrected chi connectivity index (χ0v) is 15.6. The molecule has 0 aromatic carbocycles. The first-order valence-electron chi connectivity index (χ1n) is 10.8. The van der Waals surface area contributed by atoms with Crippen LogP contribution < -0.4 is 0 Å². The Labute approximate surface area is 148 Å². The quantitative estimate of drug-likeness (QED) is 0.572. The first kappa shape index (κ1) is 17.9. The van der Waals surface area contributed by atoms with Crippen LogP contribution in [0.5, 0.6) is 0 Å². The molecule has 4 aliphatic heterocycles. The average Bonchev–Trinajstić information content (AvgIpc) is 2.65. The van der Waals surface area contributed by atoms with Gasteiger partial charge in [0.1, 0.15) is 0 Å². The monoisotopic (exact) mass is 328 g/mol. The maximum Gasteiger partial charge on any atom is 0.0622 e. The van der Waals surface area contributed by atoms with Gasteiger partial charge in [-0.1, -0.05) is 64.2 Å². The van der Waals surface area contributed by atoms with Crippen LogP contribution in [0, 0.1) is 0 Å². The molecule has 5 rings (SSSR count). The Hall–Kier alpha value is -0.920. The van der Waals surface area contributed by atoms with E-state index >= 15 is 0 Å². The van der Waals surface area contributed by atoms with Crippen molar-refractivity contribution in [2.24, 2.45) is 0 Å². The lowest BCUT2D eigenvalue weighted by Crippen LogP contribution is -2.11. The Morgan fingerprint density at radius 2 is 0.500 bits per heavy atom. The number of nitrogens with zero attached hydrogens (tertiary/aromatic N) is 2. The SMILES string of the molecule is C1CCCCc2nc3c(nc2CCCCCCCCC3)CCCC1. The number of hydrogen-bond acceptors (Lipinski definition) is 2. The number of fused-ring (bicyclic) bond motifs is 16. The molecule has 0 N–H and O–H groups in total. The summed E-state index contributed by atoms with van der Waals surface area (Å²) in [6.07, 6.45) is 23.9. The Morgan fingerprint density at radius 3 is 0.750 bits per heavy atom. The van der Waals surface area contributed by atoms with Gasteiger partial charge in [-0.25, -0.2) is 0 Å². The molecule has 0 saturated heterocycles. The second kappa shape index (κ2) is 10.2. The normalized spacial score (nSPS) is 21.7. The number of hydrogen-bond donors (Lipinski definition) is 0. The second-order valence-corrected chi connectivity index (χ2v) is 7.96. The second-order valence-electron chi connectivity index (χ2n) is 7.96. The molecule has 1 aromatic rings. The molecule has 0 amide bonds. The Morgan fingerprint density at radius 1 is 0.292 bits per heavy atom. The molecule has 2 heteroatoms. The van der Waals surface area contributed by atoms with Gasteiger partial charge >= 0.3 is 0 Å². The van der Waals surface area contributed by atoms with Crippen molar-refractivity contribution >= 4 is 0 Å². The van der Waals surface area contributed by atoms with E-state index in [1.807, 2.05) is 0 Å². The molecule has 0 aliphatic carbocycles. The highest BCUT2D eigenvalue weighted by Gasteiger charge is 2.14. The van der Waals surface area contributed by atoms with Gasteiger partial charge in [-0.3, -0.25) is 9.97 Å². The van der Waals surface area contributed by atoms with Crippen molar-refractivity contribution in [3.05, 3.63) is 22.8 Å². The van der Waals surface area contributed by atoms with Gasteiger partial charge in [0.2, 0.25) is 0 Å². The van der Waals surface area contributed by atoms with Crippen molar-refractivity contribution < 1.29 is 0 Å². The van der Waals surface area contributed by atoms with Gasteiger partial charge in [0.25, 0.3) is 0 Å². The predicted molar refractivity (Wildman–Crippen MR) is 101 cm³/mol. The van der Waals surface area contributed by atoms with Crippen LogP contribution in [0.15, 0.2) is 0 Å². The molecule has 5 heterocycles. The van der Waals surface area contributed by atoms with Crippen LogP contribution in [-0.2, 0) is 25.7 Å². The van der Waals surface area contributed by atoms with Crippen LogP contribution in [0.25, 0.3) is 0 Å². The predicted octanol–water partition coefficient (Wildman–Crippen LogP) is 6.14. The van der Waals surface area contributed by atoms with Gasteiger partial charge in [-0.15, -0.1) is 0 Å². The number of aromatic nitrogens is 2. The van der Waals surface area contributed by atoms with Crippen molar-refractivity contribution in [1.82, 2.24) is 9.97 Å². The highest BCUT2D eigenvalue weighted by Crippen LogP contribution is 2.22. The lowest BCUT2D eigenvalue weighted by molar-refractivity contribution is 0.575. The Kier molecular flexibility index (Phi) is 7.57. The first-order chi connectivity index (χ1) is 11.9. The fourth-order valence-electron chi connectivity index (χ4n) is 4.32. The molecule has 0 unspecified atom stereocenters. The van der Waals surface area contributed by atoms with E-state index in [1.165, 1.54) is 113 Å². The summed E-state index contributed by atoms with van der Waals surface area (Å²) < 4.78 is 0. The van der Waals surface area contributed by atoms with Gasteiger partial charge in [0.15, 0.2) is 0 Å². The van der Waals surface area contributed by atoms with E-state index in [0.717, 1.165) is 25.7 Å². The average molecular weight is 329 g/mol. The highest BCUT2D eigenvalue weighted by molar-refractivity contribution is 5.22. The van der Waals surface area contributed by atoms with Crippen LogP contribution in [-0.4, -0.2) is 9.97 Å². The van der Waals surface area contributed by atoms with Crippen molar-refractivity contribution in [3.63, 3.8) is 0 Å². The van der Waals surface area contributed by atoms with E-state index in [9.17, 15) is 0 Å². The molecular formula is C22H36N2. The summed E-state index contributed by atoms with van der Waals surface area (Å²) >= 11 is 0. The molecule has 2 nitrogen and oxygen atoms in total. The third-order valence-electron chi connectivity index (χ3n) is 5.86. The zero-order valence-electron chi connectivity index (χ0n) is 15.6. The van der Waals surface area contributed by atoms with E-state index in [1.54, 1.807) is 0 Å². The van der Waals surface area contributed by atoms with E-state index in [4.69, 9.17) is 9.97 Å². The third-order valence-corrected chi connectivity index (χ3v) is 5.86. The van der Waals surface area contributed by atoms with Crippen molar-refractivity contribution in [2.75, 3.05) is 0 Å². The maximum absolute atomic E-state index is 5.20. The van der Waals surface area contributed by atoms with Crippen molar-refractivity contribution in [3.8, 4) is 0 Å². The number of rotatable bonds is 0. The fraction of sp³-hybridized carbons (Fsp3) is 0.818. The summed E-state index contributed by atoms with van der Waals surface area (Å²) in [7, 11) is 0. The van der Waals surface area contributed by atoms with Gasteiger partial charge in [0, 0.05) is 0 Å². The van der Waals surface area contributed by atoms with E-state index in [2.05, 4.69) is 0 Å². The summed E-state index contributed by atoms with van der Waals surface area (Å²) in [5.41, 5.74) is 5.42. The first-order valence-corrected chi connectivity index (χ1v) is 10.8. The van der Waals surface area contributed by atoms with Crippen LogP contribution in [0.2, 0.25) is 0 Å². The molecule has 0 atom stereocenters. The largest absolute Gasteiger partial charge is 0.254 e. The lowest BCUT2D eigenvalue weighted by Gasteiger charge is -2.14. The molecule has 0 saturated carbocycles. The van der Waals surface area contributed by atoms with Crippen LogP contribution in [0.4, 0.5) is 0 Å².